The van der Waals surface area contributed by atoms with Crippen LogP contribution in [-0.2, 0) is 4.79 Å². The van der Waals surface area contributed by atoms with E-state index in [1.165, 1.54) is 18.2 Å². The Morgan fingerprint density at radius 2 is 2.00 bits per heavy atom. The molecule has 0 saturated carbocycles. The van der Waals surface area contributed by atoms with E-state index in [0.717, 1.165) is 12.1 Å². The van der Waals surface area contributed by atoms with Crippen LogP contribution in [0, 0.1) is 22.9 Å². The molecule has 7 nitrogen and oxygen atoms in total. The first-order valence-electron chi connectivity index (χ1n) is 7.17. The highest BCUT2D eigenvalue weighted by Gasteiger charge is 2.35. The lowest BCUT2D eigenvalue weighted by molar-refractivity contribution is -0.385. The number of nitro benzene ring substituents is 1. The lowest BCUT2D eigenvalue weighted by Gasteiger charge is -2.25. The quantitative estimate of drug-likeness (QED) is 0.501. The summed E-state index contributed by atoms with van der Waals surface area (Å²) in [5.41, 5.74) is 0.335. The third-order valence-electron chi connectivity index (χ3n) is 3.85. The number of hydrogen-bond acceptors (Lipinski definition) is 6. The minimum Gasteiger partial charge on any atom is -0.507 e. The summed E-state index contributed by atoms with van der Waals surface area (Å²) in [6.07, 6.45) is 0.427. The molecule has 25 heavy (non-hydrogen) atoms. The fourth-order valence-corrected chi connectivity index (χ4v) is 2.69. The standard InChI is InChI=1S/C17H12FNO6/c1-8-4-10-11(7-20)15(22)16(9-2-3-14(21)12(18)6-9)25-17(10)13(5-8)19(23)24/h2-7,11,21-22H,1H3. The second-order valence-electron chi connectivity index (χ2n) is 5.56. The van der Waals surface area contributed by atoms with Crippen LogP contribution in [0.25, 0.3) is 5.76 Å². The molecule has 1 unspecified atom stereocenters. The van der Waals surface area contributed by atoms with Gasteiger partial charge in [0, 0.05) is 17.2 Å². The van der Waals surface area contributed by atoms with Crippen molar-refractivity contribution in [2.75, 3.05) is 0 Å². The first-order chi connectivity index (χ1) is 11.8. The van der Waals surface area contributed by atoms with Gasteiger partial charge in [-0.1, -0.05) is 6.07 Å². The van der Waals surface area contributed by atoms with Crippen molar-refractivity contribution >= 4 is 17.7 Å². The normalized spacial score (nSPS) is 16.2. The highest BCUT2D eigenvalue weighted by Crippen LogP contribution is 2.45. The SMILES string of the molecule is Cc1cc2c(c([N+](=O)[O-])c1)OC(c1ccc(O)c(F)c1)=C(O)C2C=O. The van der Waals surface area contributed by atoms with Crippen molar-refractivity contribution in [1.29, 1.82) is 0 Å². The number of nitrogens with zero attached hydrogens (tertiary/aromatic N) is 1. The fourth-order valence-electron chi connectivity index (χ4n) is 2.69. The Bertz CT molecular complexity index is 937. The molecular weight excluding hydrogens is 333 g/mol. The molecule has 0 radical (unpaired) electrons. The Morgan fingerprint density at radius 3 is 2.60 bits per heavy atom. The summed E-state index contributed by atoms with van der Waals surface area (Å²) in [5, 5.41) is 31.0. The third kappa shape index (κ3) is 2.67. The molecule has 1 aliphatic heterocycles. The third-order valence-corrected chi connectivity index (χ3v) is 3.85. The number of nitro groups is 1. The van der Waals surface area contributed by atoms with Crippen LogP contribution in [0.15, 0.2) is 36.1 Å². The van der Waals surface area contributed by atoms with Gasteiger partial charge in [-0.3, -0.25) is 10.1 Å². The van der Waals surface area contributed by atoms with E-state index in [9.17, 15) is 29.5 Å². The Balaban J connectivity index is 2.23. The molecule has 0 spiro atoms. The second-order valence-corrected chi connectivity index (χ2v) is 5.56. The molecule has 0 amide bonds. The van der Waals surface area contributed by atoms with Gasteiger partial charge in [0.2, 0.25) is 5.75 Å². The van der Waals surface area contributed by atoms with Crippen LogP contribution >= 0.6 is 0 Å². The van der Waals surface area contributed by atoms with Crippen molar-refractivity contribution in [2.24, 2.45) is 0 Å². The summed E-state index contributed by atoms with van der Waals surface area (Å²) in [5.74, 6) is -3.71. The number of ether oxygens (including phenoxy) is 1. The maximum Gasteiger partial charge on any atom is 0.312 e. The topological polar surface area (TPSA) is 110 Å². The molecule has 1 heterocycles. The summed E-state index contributed by atoms with van der Waals surface area (Å²) in [6.45, 7) is 1.61. The van der Waals surface area contributed by atoms with Gasteiger partial charge in [0.1, 0.15) is 12.2 Å². The maximum atomic E-state index is 13.6. The maximum absolute atomic E-state index is 13.6. The number of phenols is 1. The number of phenolic OH excluding ortho intramolecular Hbond substituents is 1. The molecule has 1 atom stereocenters. The molecule has 1 aliphatic rings. The molecule has 0 fully saturated rings. The number of fused-ring (bicyclic) bond motifs is 1. The van der Waals surface area contributed by atoms with Gasteiger partial charge >= 0.3 is 5.69 Å². The van der Waals surface area contributed by atoms with Crippen molar-refractivity contribution in [1.82, 2.24) is 0 Å². The summed E-state index contributed by atoms with van der Waals surface area (Å²) < 4.78 is 19.1. The predicted molar refractivity (Wildman–Crippen MR) is 84.9 cm³/mol. The minimum atomic E-state index is -1.19. The zero-order valence-electron chi connectivity index (χ0n) is 12.9. The van der Waals surface area contributed by atoms with Gasteiger partial charge in [0.05, 0.1) is 4.92 Å². The number of rotatable bonds is 3. The number of halogens is 1. The molecule has 128 valence electrons. The van der Waals surface area contributed by atoms with E-state index >= 15 is 0 Å². The van der Waals surface area contributed by atoms with Crippen molar-refractivity contribution in [3.05, 3.63) is 68.7 Å². The number of aryl methyl sites for hydroxylation is 1. The number of aliphatic hydroxyl groups excluding tert-OH is 1. The molecule has 0 saturated heterocycles. The van der Waals surface area contributed by atoms with Gasteiger partial charge in [-0.25, -0.2) is 4.39 Å². The highest BCUT2D eigenvalue weighted by molar-refractivity contribution is 5.81. The Labute approximate surface area is 140 Å². The van der Waals surface area contributed by atoms with Crippen LogP contribution in [0.1, 0.15) is 22.6 Å². The number of aldehydes is 1. The molecule has 2 aromatic carbocycles. The van der Waals surface area contributed by atoms with Gasteiger partial charge in [0.15, 0.2) is 23.1 Å². The van der Waals surface area contributed by atoms with E-state index in [1.807, 2.05) is 0 Å². The number of carbonyl (C=O) groups is 1. The second kappa shape index (κ2) is 5.90. The number of benzene rings is 2. The first kappa shape index (κ1) is 16.4. The summed E-state index contributed by atoms with van der Waals surface area (Å²) in [6, 6.07) is 5.98. The Kier molecular flexibility index (Phi) is 3.88. The molecule has 2 N–H and O–H groups in total. The zero-order chi connectivity index (χ0) is 18.3. The number of allylic oxidation sites excluding steroid dienone is 1. The first-order valence-corrected chi connectivity index (χ1v) is 7.17. The van der Waals surface area contributed by atoms with Gasteiger partial charge in [-0.05, 0) is 30.7 Å². The van der Waals surface area contributed by atoms with Crippen LogP contribution in [0.2, 0.25) is 0 Å². The summed E-state index contributed by atoms with van der Waals surface area (Å²) in [4.78, 5) is 22.1. The van der Waals surface area contributed by atoms with Crippen molar-refractivity contribution < 1.29 is 29.1 Å². The summed E-state index contributed by atoms with van der Waals surface area (Å²) in [7, 11) is 0. The van der Waals surface area contributed by atoms with Gasteiger partial charge in [0.25, 0.3) is 0 Å². The number of hydrogen-bond donors (Lipinski definition) is 2. The predicted octanol–water partition coefficient (Wildman–Crippen LogP) is 3.35. The minimum absolute atomic E-state index is 0.0279. The van der Waals surface area contributed by atoms with Gasteiger partial charge in [-0.15, -0.1) is 0 Å². The average Bonchev–Trinajstić information content (AvgIpc) is 2.56. The Morgan fingerprint density at radius 1 is 1.28 bits per heavy atom. The largest absolute Gasteiger partial charge is 0.507 e. The van der Waals surface area contributed by atoms with Crippen LogP contribution in [0.4, 0.5) is 10.1 Å². The monoisotopic (exact) mass is 345 g/mol. The van der Waals surface area contributed by atoms with E-state index in [-0.39, 0.29) is 28.3 Å². The fraction of sp³-hybridized carbons (Fsp3) is 0.118. The van der Waals surface area contributed by atoms with Crippen LogP contribution in [0.3, 0.4) is 0 Å². The van der Waals surface area contributed by atoms with E-state index in [4.69, 9.17) is 4.74 Å². The lowest BCUT2D eigenvalue weighted by atomic mass is 9.91. The molecule has 0 aromatic heterocycles. The molecule has 0 bridgehead atoms. The van der Waals surface area contributed by atoms with E-state index in [0.29, 0.717) is 11.8 Å². The van der Waals surface area contributed by atoms with Crippen molar-refractivity contribution in [3.63, 3.8) is 0 Å². The smallest absolute Gasteiger partial charge is 0.312 e. The summed E-state index contributed by atoms with van der Waals surface area (Å²) >= 11 is 0. The van der Waals surface area contributed by atoms with Crippen LogP contribution < -0.4 is 4.74 Å². The molecular formula is C17H12FNO6. The Hall–Kier alpha value is -3.42. The van der Waals surface area contributed by atoms with E-state index in [1.54, 1.807) is 6.92 Å². The van der Waals surface area contributed by atoms with Gasteiger partial charge in [-0.2, -0.15) is 0 Å². The van der Waals surface area contributed by atoms with Crippen molar-refractivity contribution in [3.8, 4) is 11.5 Å². The lowest BCUT2D eigenvalue weighted by Crippen LogP contribution is -2.17. The highest BCUT2D eigenvalue weighted by atomic mass is 19.1. The molecule has 8 heteroatoms. The van der Waals surface area contributed by atoms with E-state index < -0.39 is 28.2 Å². The number of aromatic hydroxyl groups is 1. The van der Waals surface area contributed by atoms with Crippen LogP contribution in [0.5, 0.6) is 11.5 Å². The number of aliphatic hydroxyl groups is 1. The molecule has 0 aliphatic carbocycles. The van der Waals surface area contributed by atoms with E-state index in [2.05, 4.69) is 0 Å². The van der Waals surface area contributed by atoms with Crippen LogP contribution in [-0.4, -0.2) is 21.4 Å². The zero-order valence-corrected chi connectivity index (χ0v) is 12.9. The van der Waals surface area contributed by atoms with Crippen molar-refractivity contribution in [2.45, 2.75) is 12.8 Å². The number of carbonyl (C=O) groups excluding carboxylic acids is 1. The molecule has 3 rings (SSSR count). The molecule has 2 aromatic rings. The van der Waals surface area contributed by atoms with Gasteiger partial charge < -0.3 is 19.7 Å². The average molecular weight is 345 g/mol.